The molecule has 0 aliphatic carbocycles. The minimum Gasteiger partial charge on any atom is -0.348 e. The van der Waals surface area contributed by atoms with E-state index >= 15 is 0 Å². The van der Waals surface area contributed by atoms with Gasteiger partial charge in [-0.2, -0.15) is 5.10 Å². The molecule has 1 unspecified atom stereocenters. The van der Waals surface area contributed by atoms with E-state index in [0.29, 0.717) is 12.1 Å². The van der Waals surface area contributed by atoms with Crippen LogP contribution in [0.15, 0.2) is 109 Å². The van der Waals surface area contributed by atoms with Crippen molar-refractivity contribution < 1.29 is 13.6 Å². The molecule has 0 aliphatic rings. The molecule has 0 radical (unpaired) electrons. The Morgan fingerprint density at radius 1 is 1.15 bits per heavy atom. The zero-order valence-corrected chi connectivity index (χ0v) is 23.0. The topological polar surface area (TPSA) is 59.0 Å². The second-order valence-electron chi connectivity index (χ2n) is 9.18. The van der Waals surface area contributed by atoms with E-state index in [9.17, 15) is 13.6 Å². The summed E-state index contributed by atoms with van der Waals surface area (Å²) >= 11 is 0. The summed E-state index contributed by atoms with van der Waals surface area (Å²) in [4.78, 5) is 12.7. The Labute approximate surface area is 230 Å². The van der Waals surface area contributed by atoms with Crippen LogP contribution in [-0.4, -0.2) is 28.3 Å². The Kier molecular flexibility index (Phi) is 12.8. The van der Waals surface area contributed by atoms with Crippen LogP contribution >= 0.6 is 0 Å². The predicted molar refractivity (Wildman–Crippen MR) is 157 cm³/mol. The lowest BCUT2D eigenvalue weighted by Gasteiger charge is -2.18. The normalized spacial score (nSPS) is 13.2. The van der Waals surface area contributed by atoms with Crippen molar-refractivity contribution >= 4 is 11.6 Å². The lowest BCUT2D eigenvalue weighted by Crippen LogP contribution is -2.31. The molecule has 206 valence electrons. The molecule has 39 heavy (non-hydrogen) atoms. The van der Waals surface area contributed by atoms with Crippen LogP contribution in [0.4, 0.5) is 8.78 Å². The summed E-state index contributed by atoms with van der Waals surface area (Å²) in [6.07, 6.45) is 16.9. The number of benzene rings is 1. The number of aromatic nitrogens is 2. The predicted octanol–water partition coefficient (Wildman–Crippen LogP) is 6.74. The quantitative estimate of drug-likeness (QED) is 0.197. The zero-order chi connectivity index (χ0) is 28.8. The van der Waals surface area contributed by atoms with Crippen LogP contribution in [0.5, 0.6) is 0 Å². The summed E-state index contributed by atoms with van der Waals surface area (Å²) in [7, 11) is 0. The molecule has 1 atom stereocenters. The molecule has 2 aromatic rings. The fourth-order valence-corrected chi connectivity index (χ4v) is 3.71. The van der Waals surface area contributed by atoms with E-state index in [1.54, 1.807) is 23.0 Å². The van der Waals surface area contributed by atoms with Crippen LogP contribution in [0.1, 0.15) is 37.9 Å². The van der Waals surface area contributed by atoms with Crippen molar-refractivity contribution in [3.63, 3.8) is 0 Å². The number of aryl methyl sites for hydroxylation is 1. The minimum absolute atomic E-state index is 0.0419. The molecule has 1 amide bonds. The molecule has 5 nitrogen and oxygen atoms in total. The molecule has 0 saturated heterocycles. The number of hydrogen-bond donors (Lipinski definition) is 2. The lowest BCUT2D eigenvalue weighted by atomic mass is 10.0. The van der Waals surface area contributed by atoms with Crippen LogP contribution < -0.4 is 10.6 Å². The molecule has 0 aliphatic heterocycles. The summed E-state index contributed by atoms with van der Waals surface area (Å²) in [6, 6.07) is 5.44. The van der Waals surface area contributed by atoms with Crippen LogP contribution in [0.3, 0.4) is 0 Å². The van der Waals surface area contributed by atoms with Gasteiger partial charge in [0.05, 0.1) is 5.70 Å². The van der Waals surface area contributed by atoms with E-state index in [2.05, 4.69) is 48.5 Å². The summed E-state index contributed by atoms with van der Waals surface area (Å²) in [6.45, 7) is 18.1. The molecule has 0 spiro atoms. The highest BCUT2D eigenvalue weighted by Gasteiger charge is 2.13. The van der Waals surface area contributed by atoms with Crippen LogP contribution in [0.2, 0.25) is 0 Å². The maximum absolute atomic E-state index is 13.5. The fourth-order valence-electron chi connectivity index (χ4n) is 3.71. The van der Waals surface area contributed by atoms with Gasteiger partial charge in [-0.1, -0.05) is 67.8 Å². The summed E-state index contributed by atoms with van der Waals surface area (Å²) in [5.74, 6) is -2.32. The zero-order valence-electron chi connectivity index (χ0n) is 23.0. The number of nitrogens with one attached hydrogen (secondary N) is 2. The van der Waals surface area contributed by atoms with E-state index in [0.717, 1.165) is 41.9 Å². The van der Waals surface area contributed by atoms with Gasteiger partial charge in [0, 0.05) is 36.6 Å². The van der Waals surface area contributed by atoms with Gasteiger partial charge in [0.25, 0.3) is 5.91 Å². The van der Waals surface area contributed by atoms with Crippen molar-refractivity contribution in [2.24, 2.45) is 0 Å². The first-order valence-corrected chi connectivity index (χ1v) is 12.8. The van der Waals surface area contributed by atoms with Crippen LogP contribution in [-0.2, 0) is 11.3 Å². The molecule has 2 N–H and O–H groups in total. The van der Waals surface area contributed by atoms with E-state index in [1.165, 1.54) is 11.6 Å². The Balaban J connectivity index is 2.16. The smallest absolute Gasteiger partial charge is 0.251 e. The van der Waals surface area contributed by atoms with Gasteiger partial charge in [0.1, 0.15) is 0 Å². The first kappa shape index (κ1) is 31.1. The van der Waals surface area contributed by atoms with Crippen molar-refractivity contribution in [3.05, 3.63) is 132 Å². The number of hydrogen-bond acceptors (Lipinski definition) is 3. The Morgan fingerprint density at radius 2 is 1.92 bits per heavy atom. The third kappa shape index (κ3) is 10.7. The highest BCUT2D eigenvalue weighted by molar-refractivity contribution is 5.96. The van der Waals surface area contributed by atoms with E-state index < -0.39 is 17.5 Å². The third-order valence-electron chi connectivity index (χ3n) is 5.91. The van der Waals surface area contributed by atoms with Crippen molar-refractivity contribution in [2.45, 2.75) is 46.2 Å². The molecular weight excluding hydrogens is 494 g/mol. The fraction of sp³-hybridized carbons (Fsp3) is 0.250. The van der Waals surface area contributed by atoms with Gasteiger partial charge in [0.15, 0.2) is 11.6 Å². The summed E-state index contributed by atoms with van der Waals surface area (Å²) in [5, 5.41) is 10.7. The van der Waals surface area contributed by atoms with Crippen LogP contribution in [0, 0.1) is 18.6 Å². The van der Waals surface area contributed by atoms with Gasteiger partial charge in [0.2, 0.25) is 0 Å². The summed E-state index contributed by atoms with van der Waals surface area (Å²) < 4.78 is 28.4. The molecule has 0 saturated carbocycles. The van der Waals surface area contributed by atoms with Crippen molar-refractivity contribution in [1.82, 2.24) is 20.4 Å². The number of allylic oxidation sites excluding steroid dienone is 7. The Hall–Kier alpha value is -4.10. The Bertz CT molecular complexity index is 1300. The van der Waals surface area contributed by atoms with E-state index in [1.807, 2.05) is 44.2 Å². The number of carbonyl (C=O) groups is 1. The average molecular weight is 533 g/mol. The molecule has 1 aromatic carbocycles. The summed E-state index contributed by atoms with van der Waals surface area (Å²) in [5.41, 5.74) is 4.38. The maximum atomic E-state index is 13.5. The first-order chi connectivity index (χ1) is 18.6. The number of carbonyl (C=O) groups excluding carboxylic acids is 1. The number of nitrogens with zero attached hydrogens (tertiary/aromatic N) is 2. The third-order valence-corrected chi connectivity index (χ3v) is 5.91. The molecule has 0 bridgehead atoms. The monoisotopic (exact) mass is 532 g/mol. The number of amides is 1. The van der Waals surface area contributed by atoms with Gasteiger partial charge in [-0.05, 0) is 69.0 Å². The average Bonchev–Trinajstić information content (AvgIpc) is 3.34. The molecule has 7 heteroatoms. The highest BCUT2D eigenvalue weighted by Crippen LogP contribution is 2.14. The van der Waals surface area contributed by atoms with Crippen molar-refractivity contribution in [3.8, 4) is 0 Å². The van der Waals surface area contributed by atoms with Crippen molar-refractivity contribution in [2.75, 3.05) is 6.54 Å². The number of rotatable bonds is 15. The van der Waals surface area contributed by atoms with Gasteiger partial charge in [-0.3, -0.25) is 4.79 Å². The first-order valence-electron chi connectivity index (χ1n) is 12.8. The molecule has 0 fully saturated rings. The van der Waals surface area contributed by atoms with Gasteiger partial charge < -0.3 is 10.6 Å². The highest BCUT2D eigenvalue weighted by atomic mass is 19.2. The second-order valence-corrected chi connectivity index (χ2v) is 9.18. The lowest BCUT2D eigenvalue weighted by molar-refractivity contribution is -0.117. The van der Waals surface area contributed by atoms with Gasteiger partial charge in [-0.15, -0.1) is 0 Å². The Morgan fingerprint density at radius 3 is 2.56 bits per heavy atom. The molecule has 1 heterocycles. The molecule has 1 aromatic heterocycles. The molecular formula is C32H38F2N4O. The van der Waals surface area contributed by atoms with E-state index in [4.69, 9.17) is 0 Å². The largest absolute Gasteiger partial charge is 0.348 e. The maximum Gasteiger partial charge on any atom is 0.251 e. The van der Waals surface area contributed by atoms with E-state index in [-0.39, 0.29) is 18.2 Å². The minimum atomic E-state index is -0.961. The van der Waals surface area contributed by atoms with Gasteiger partial charge >= 0.3 is 0 Å². The molecule has 2 rings (SSSR count). The van der Waals surface area contributed by atoms with Crippen LogP contribution in [0.25, 0.3) is 5.70 Å². The second kappa shape index (κ2) is 16.0. The SMILES string of the molecule is C=CC(=C)/C=C(\C)CCC(/C=C/C=CC)NC/C(=C/C(=C)C(=O)NCc1ccc(F)c(F)c1)n1nccc1C. The van der Waals surface area contributed by atoms with Crippen molar-refractivity contribution in [1.29, 1.82) is 0 Å². The standard InChI is InChI=1S/C32H38F2N4O/c1-7-9-10-11-28(14-12-24(4)18-23(3)8-2)35-22-29(38-26(6)16-17-37-38)19-25(5)32(39)36-21-27-13-15-30(33)31(34)20-27/h7-11,13,15-20,28,35H,2-3,5,12,14,21-22H2,1,4,6H3,(H,36,39)/b9-7?,11-10+,24-18+,29-19-. The van der Waals surface area contributed by atoms with Gasteiger partial charge in [-0.25, -0.2) is 13.5 Å². The number of halogens is 2.